The first-order valence-electron chi connectivity index (χ1n) is 5.99. The maximum absolute atomic E-state index is 4.16. The molecule has 4 heteroatoms. The van der Waals surface area contributed by atoms with Crippen LogP contribution in [-0.4, -0.2) is 15.0 Å². The molecule has 3 aromatic rings. The van der Waals surface area contributed by atoms with E-state index in [-0.39, 0.29) is 0 Å². The predicted octanol–water partition coefficient (Wildman–Crippen LogP) is 4.09. The van der Waals surface area contributed by atoms with Gasteiger partial charge in [-0.1, -0.05) is 47.2 Å². The Morgan fingerprint density at radius 2 is 1.84 bits per heavy atom. The molecule has 0 amide bonds. The maximum atomic E-state index is 4.16. The van der Waals surface area contributed by atoms with Gasteiger partial charge in [-0.05, 0) is 46.6 Å². The van der Waals surface area contributed by atoms with E-state index in [2.05, 4.69) is 57.4 Å². The number of aryl methyl sites for hydroxylation is 1. The van der Waals surface area contributed by atoms with E-state index in [0.29, 0.717) is 0 Å². The highest BCUT2D eigenvalue weighted by atomic mass is 79.9. The summed E-state index contributed by atoms with van der Waals surface area (Å²) in [4.78, 5) is 0. The number of halogens is 1. The zero-order valence-electron chi connectivity index (χ0n) is 10.4. The average molecular weight is 314 g/mol. The van der Waals surface area contributed by atoms with Crippen molar-refractivity contribution in [2.24, 2.45) is 0 Å². The van der Waals surface area contributed by atoms with Crippen molar-refractivity contribution < 1.29 is 0 Å². The van der Waals surface area contributed by atoms with Gasteiger partial charge in [0, 0.05) is 0 Å². The molecule has 0 N–H and O–H groups in total. The van der Waals surface area contributed by atoms with Gasteiger partial charge < -0.3 is 0 Å². The Labute approximate surface area is 119 Å². The molecule has 0 aliphatic heterocycles. The monoisotopic (exact) mass is 313 g/mol. The Morgan fingerprint density at radius 1 is 1.11 bits per heavy atom. The van der Waals surface area contributed by atoms with Crippen molar-refractivity contribution in [2.75, 3.05) is 0 Å². The van der Waals surface area contributed by atoms with Gasteiger partial charge in [0.2, 0.25) is 0 Å². The molecule has 0 fully saturated rings. The molecule has 0 unspecified atom stereocenters. The lowest BCUT2D eigenvalue weighted by Gasteiger charge is -2.01. The van der Waals surface area contributed by atoms with Crippen LogP contribution in [0.3, 0.4) is 0 Å². The minimum absolute atomic E-state index is 0.866. The Bertz CT molecular complexity index is 741. The van der Waals surface area contributed by atoms with Gasteiger partial charge in [0.1, 0.15) is 10.1 Å². The fraction of sp³-hybridized carbons (Fsp3) is 0.0667. The topological polar surface area (TPSA) is 30.7 Å². The van der Waals surface area contributed by atoms with Crippen molar-refractivity contribution >= 4 is 37.6 Å². The van der Waals surface area contributed by atoms with Crippen LogP contribution in [0.25, 0.3) is 21.7 Å². The Kier molecular flexibility index (Phi) is 3.17. The summed E-state index contributed by atoms with van der Waals surface area (Å²) in [5.41, 5.74) is 4.24. The zero-order chi connectivity index (χ0) is 13.2. The second-order valence-electron chi connectivity index (χ2n) is 4.37. The van der Waals surface area contributed by atoms with Crippen LogP contribution in [0.15, 0.2) is 48.5 Å². The highest BCUT2D eigenvalue weighted by Crippen LogP contribution is 2.21. The SMILES string of the molecule is Cc1ccc(C=C(Br)n2nnc3ccccc32)cc1. The largest absolute Gasteiger partial charge is 0.206 e. The van der Waals surface area contributed by atoms with Gasteiger partial charge in [-0.3, -0.25) is 0 Å². The van der Waals surface area contributed by atoms with E-state index < -0.39 is 0 Å². The van der Waals surface area contributed by atoms with E-state index >= 15 is 0 Å². The molecule has 94 valence electrons. The lowest BCUT2D eigenvalue weighted by Crippen LogP contribution is -1.93. The Balaban J connectivity index is 2.03. The molecule has 0 spiro atoms. The molecule has 0 saturated carbocycles. The fourth-order valence-electron chi connectivity index (χ4n) is 1.89. The number of aromatic nitrogens is 3. The van der Waals surface area contributed by atoms with Crippen LogP contribution in [0.2, 0.25) is 0 Å². The van der Waals surface area contributed by atoms with Gasteiger partial charge >= 0.3 is 0 Å². The quantitative estimate of drug-likeness (QED) is 0.713. The van der Waals surface area contributed by atoms with E-state index in [9.17, 15) is 0 Å². The third kappa shape index (κ3) is 2.44. The van der Waals surface area contributed by atoms with Crippen molar-refractivity contribution in [3.8, 4) is 0 Å². The third-order valence-corrected chi connectivity index (χ3v) is 3.48. The van der Waals surface area contributed by atoms with Gasteiger partial charge in [-0.2, -0.15) is 0 Å². The summed E-state index contributed by atoms with van der Waals surface area (Å²) >= 11 is 3.56. The van der Waals surface area contributed by atoms with Gasteiger partial charge in [-0.25, -0.2) is 4.68 Å². The molecular formula is C15H12BrN3. The van der Waals surface area contributed by atoms with Crippen molar-refractivity contribution in [1.82, 2.24) is 15.0 Å². The molecule has 0 bridgehead atoms. The zero-order valence-corrected chi connectivity index (χ0v) is 12.0. The minimum Gasteiger partial charge on any atom is -0.206 e. The first-order chi connectivity index (χ1) is 9.24. The van der Waals surface area contributed by atoms with Crippen LogP contribution < -0.4 is 0 Å². The molecule has 0 aliphatic rings. The van der Waals surface area contributed by atoms with E-state index in [1.54, 1.807) is 4.68 Å². The maximum Gasteiger partial charge on any atom is 0.113 e. The summed E-state index contributed by atoms with van der Waals surface area (Å²) in [6, 6.07) is 16.2. The van der Waals surface area contributed by atoms with Gasteiger partial charge in [0.15, 0.2) is 0 Å². The third-order valence-electron chi connectivity index (χ3n) is 2.92. The minimum atomic E-state index is 0.866. The first kappa shape index (κ1) is 12.1. The first-order valence-corrected chi connectivity index (χ1v) is 6.78. The van der Waals surface area contributed by atoms with Crippen LogP contribution >= 0.6 is 15.9 Å². The predicted molar refractivity (Wildman–Crippen MR) is 81.8 cm³/mol. The van der Waals surface area contributed by atoms with Crippen molar-refractivity contribution in [1.29, 1.82) is 0 Å². The Morgan fingerprint density at radius 3 is 2.63 bits per heavy atom. The van der Waals surface area contributed by atoms with E-state index in [1.807, 2.05) is 30.3 Å². The second-order valence-corrected chi connectivity index (χ2v) is 5.18. The Hall–Kier alpha value is -1.94. The van der Waals surface area contributed by atoms with E-state index in [4.69, 9.17) is 0 Å². The number of benzene rings is 2. The number of hydrogen-bond acceptors (Lipinski definition) is 2. The van der Waals surface area contributed by atoms with Crippen molar-refractivity contribution in [3.63, 3.8) is 0 Å². The number of hydrogen-bond donors (Lipinski definition) is 0. The summed E-state index contributed by atoms with van der Waals surface area (Å²) in [5.74, 6) is 0. The van der Waals surface area contributed by atoms with Gasteiger partial charge in [0.05, 0.1) is 5.52 Å². The summed E-state index contributed by atoms with van der Waals surface area (Å²) in [6.45, 7) is 2.08. The van der Waals surface area contributed by atoms with Crippen molar-refractivity contribution in [2.45, 2.75) is 6.92 Å². The number of fused-ring (bicyclic) bond motifs is 1. The molecular weight excluding hydrogens is 302 g/mol. The normalized spacial score (nSPS) is 12.0. The van der Waals surface area contributed by atoms with Crippen molar-refractivity contribution in [3.05, 3.63) is 59.7 Å². The van der Waals surface area contributed by atoms with Crippen LogP contribution in [0.1, 0.15) is 11.1 Å². The number of rotatable bonds is 2. The highest BCUT2D eigenvalue weighted by Gasteiger charge is 2.05. The lowest BCUT2D eigenvalue weighted by atomic mass is 10.1. The highest BCUT2D eigenvalue weighted by molar-refractivity contribution is 9.15. The molecule has 3 rings (SSSR count). The summed E-state index contributed by atoms with van der Waals surface area (Å²) in [6.07, 6.45) is 2.03. The fourth-order valence-corrected chi connectivity index (χ4v) is 2.41. The summed E-state index contributed by atoms with van der Waals surface area (Å²) in [7, 11) is 0. The van der Waals surface area contributed by atoms with Crippen LogP contribution in [-0.2, 0) is 0 Å². The second kappa shape index (κ2) is 4.97. The molecule has 0 radical (unpaired) electrons. The average Bonchev–Trinajstić information content (AvgIpc) is 2.85. The number of nitrogens with zero attached hydrogens (tertiary/aromatic N) is 3. The molecule has 19 heavy (non-hydrogen) atoms. The standard InChI is InChI=1S/C15H12BrN3/c1-11-6-8-12(9-7-11)10-15(16)19-14-5-3-2-4-13(14)17-18-19/h2-10H,1H3. The molecule has 0 aliphatic carbocycles. The van der Waals surface area contributed by atoms with Crippen LogP contribution in [0, 0.1) is 6.92 Å². The molecule has 0 saturated heterocycles. The molecule has 0 atom stereocenters. The summed E-state index contributed by atoms with van der Waals surface area (Å²) < 4.78 is 2.65. The summed E-state index contributed by atoms with van der Waals surface area (Å²) in [5, 5.41) is 8.30. The van der Waals surface area contributed by atoms with E-state index in [0.717, 1.165) is 21.2 Å². The van der Waals surface area contributed by atoms with Crippen LogP contribution in [0.4, 0.5) is 0 Å². The molecule has 3 nitrogen and oxygen atoms in total. The molecule has 1 heterocycles. The molecule has 1 aromatic heterocycles. The smallest absolute Gasteiger partial charge is 0.113 e. The van der Waals surface area contributed by atoms with Gasteiger partial charge in [0.25, 0.3) is 0 Å². The van der Waals surface area contributed by atoms with Gasteiger partial charge in [-0.15, -0.1) is 5.10 Å². The van der Waals surface area contributed by atoms with E-state index in [1.165, 1.54) is 5.56 Å². The van der Waals surface area contributed by atoms with Crippen LogP contribution in [0.5, 0.6) is 0 Å². The molecule has 2 aromatic carbocycles. The lowest BCUT2D eigenvalue weighted by molar-refractivity contribution is 0.858. The number of para-hydroxylation sites is 1.